The van der Waals surface area contributed by atoms with Gasteiger partial charge in [0.25, 0.3) is 0 Å². The van der Waals surface area contributed by atoms with Gasteiger partial charge in [0, 0.05) is 5.92 Å². The molecule has 1 fully saturated rings. The molecule has 0 spiro atoms. The first-order valence-corrected chi connectivity index (χ1v) is 9.49. The molecule has 0 heterocycles. The summed E-state index contributed by atoms with van der Waals surface area (Å²) in [4.78, 5) is 0. The van der Waals surface area contributed by atoms with Crippen LogP contribution in [-0.2, 0) is 12.4 Å². The Morgan fingerprint density at radius 3 is 1.75 bits per heavy atom. The Morgan fingerprint density at radius 2 is 1.25 bits per heavy atom. The van der Waals surface area contributed by atoms with E-state index in [1.165, 1.54) is 0 Å². The Labute approximate surface area is 160 Å². The Bertz CT molecular complexity index is 738. The highest BCUT2D eigenvalue weighted by Crippen LogP contribution is 2.42. The first kappa shape index (κ1) is 20.7. The monoisotopic (exact) mass is 400 g/mol. The summed E-state index contributed by atoms with van der Waals surface area (Å²) >= 11 is 0. The van der Waals surface area contributed by atoms with Crippen LogP contribution in [0.4, 0.5) is 26.3 Å². The molecule has 28 heavy (non-hydrogen) atoms. The summed E-state index contributed by atoms with van der Waals surface area (Å²) in [5.41, 5.74) is -1.66. The second-order valence-electron chi connectivity index (χ2n) is 7.54. The zero-order valence-electron chi connectivity index (χ0n) is 15.3. The average molecular weight is 400 g/mol. The second-order valence-corrected chi connectivity index (χ2v) is 7.54. The topological polar surface area (TPSA) is 0 Å². The lowest BCUT2D eigenvalue weighted by Gasteiger charge is -2.28. The van der Waals surface area contributed by atoms with Crippen LogP contribution in [0.15, 0.2) is 48.5 Å². The molecule has 3 rings (SSSR count). The fraction of sp³-hybridized carbons (Fsp3) is 0.455. The molecule has 0 amide bonds. The third-order valence-electron chi connectivity index (χ3n) is 5.51. The van der Waals surface area contributed by atoms with E-state index < -0.39 is 29.4 Å². The van der Waals surface area contributed by atoms with E-state index in [2.05, 4.69) is 0 Å². The molecule has 0 aromatic heterocycles. The van der Waals surface area contributed by atoms with E-state index in [0.29, 0.717) is 12.3 Å². The highest BCUT2D eigenvalue weighted by molar-refractivity contribution is 5.40. The van der Waals surface area contributed by atoms with E-state index in [1.54, 1.807) is 30.3 Å². The van der Waals surface area contributed by atoms with Crippen molar-refractivity contribution in [3.63, 3.8) is 0 Å². The van der Waals surface area contributed by atoms with Gasteiger partial charge in [-0.05, 0) is 41.7 Å². The van der Waals surface area contributed by atoms with Crippen LogP contribution in [0, 0.1) is 5.92 Å². The third kappa shape index (κ3) is 5.09. The maximum atomic E-state index is 13.3. The van der Waals surface area contributed by atoms with Crippen molar-refractivity contribution in [1.29, 1.82) is 0 Å². The molecule has 2 aromatic rings. The van der Waals surface area contributed by atoms with Crippen molar-refractivity contribution in [2.45, 2.75) is 56.8 Å². The molecule has 0 nitrogen and oxygen atoms in total. The summed E-state index contributed by atoms with van der Waals surface area (Å²) in [5, 5.41) is 0. The fourth-order valence-corrected chi connectivity index (χ4v) is 4.09. The quantitative estimate of drug-likeness (QED) is 0.459. The SMILES string of the molecule is FC(F)(F)c1cc(C(CC2CCCCC2)c2ccccc2)cc(C(F)(F)F)c1. The molecular weight excluding hydrogens is 378 g/mol. The van der Waals surface area contributed by atoms with Gasteiger partial charge in [-0.3, -0.25) is 0 Å². The van der Waals surface area contributed by atoms with Crippen molar-refractivity contribution in [2.24, 2.45) is 5.92 Å². The van der Waals surface area contributed by atoms with Gasteiger partial charge in [0.05, 0.1) is 11.1 Å². The minimum atomic E-state index is -4.83. The van der Waals surface area contributed by atoms with Gasteiger partial charge >= 0.3 is 12.4 Å². The van der Waals surface area contributed by atoms with Crippen LogP contribution in [0.3, 0.4) is 0 Å². The van der Waals surface area contributed by atoms with Gasteiger partial charge in [-0.1, -0.05) is 62.4 Å². The van der Waals surface area contributed by atoms with E-state index in [1.807, 2.05) is 0 Å². The Hall–Kier alpha value is -1.98. The molecule has 1 unspecified atom stereocenters. The second kappa shape index (κ2) is 8.18. The Morgan fingerprint density at radius 1 is 0.714 bits per heavy atom. The Kier molecular flexibility index (Phi) is 6.06. The predicted octanol–water partition coefficient (Wildman–Crippen LogP) is 7.83. The van der Waals surface area contributed by atoms with Gasteiger partial charge in [0.2, 0.25) is 0 Å². The van der Waals surface area contributed by atoms with Gasteiger partial charge in [-0.15, -0.1) is 0 Å². The minimum Gasteiger partial charge on any atom is -0.166 e. The van der Waals surface area contributed by atoms with Crippen LogP contribution in [0.2, 0.25) is 0 Å². The van der Waals surface area contributed by atoms with Crippen LogP contribution in [0.1, 0.15) is 66.7 Å². The molecule has 152 valence electrons. The van der Waals surface area contributed by atoms with Crippen molar-refractivity contribution in [3.8, 4) is 0 Å². The van der Waals surface area contributed by atoms with Crippen LogP contribution >= 0.6 is 0 Å². The van der Waals surface area contributed by atoms with Crippen molar-refractivity contribution in [2.75, 3.05) is 0 Å². The van der Waals surface area contributed by atoms with Crippen LogP contribution in [0.25, 0.3) is 0 Å². The van der Waals surface area contributed by atoms with E-state index in [0.717, 1.165) is 49.8 Å². The molecule has 1 aliphatic carbocycles. The number of halogens is 6. The number of hydrogen-bond donors (Lipinski definition) is 0. The van der Waals surface area contributed by atoms with Gasteiger partial charge in [-0.25, -0.2) is 0 Å². The third-order valence-corrected chi connectivity index (χ3v) is 5.51. The van der Waals surface area contributed by atoms with E-state index >= 15 is 0 Å². The van der Waals surface area contributed by atoms with E-state index in [4.69, 9.17) is 0 Å². The lowest BCUT2D eigenvalue weighted by atomic mass is 9.77. The highest BCUT2D eigenvalue weighted by atomic mass is 19.4. The van der Waals surface area contributed by atoms with Crippen molar-refractivity contribution < 1.29 is 26.3 Å². The van der Waals surface area contributed by atoms with Gasteiger partial charge < -0.3 is 0 Å². The van der Waals surface area contributed by atoms with Gasteiger partial charge in [0.1, 0.15) is 0 Å². The number of rotatable bonds is 4. The molecular formula is C22H22F6. The molecule has 0 aliphatic heterocycles. The highest BCUT2D eigenvalue weighted by Gasteiger charge is 2.38. The molecule has 0 saturated heterocycles. The number of alkyl halides is 6. The lowest BCUT2D eigenvalue weighted by Crippen LogP contribution is -2.16. The standard InChI is InChI=1S/C22H22F6/c23-21(24,25)18-12-17(13-19(14-18)22(26,27)28)20(16-9-5-2-6-10-16)11-15-7-3-1-4-8-15/h2,5-6,9-10,12-15,20H,1,3-4,7-8,11H2. The van der Waals surface area contributed by atoms with E-state index in [-0.39, 0.29) is 11.6 Å². The smallest absolute Gasteiger partial charge is 0.166 e. The average Bonchev–Trinajstić information content (AvgIpc) is 2.66. The van der Waals surface area contributed by atoms with Crippen molar-refractivity contribution in [3.05, 3.63) is 70.8 Å². The molecule has 1 saturated carbocycles. The van der Waals surface area contributed by atoms with Crippen LogP contribution < -0.4 is 0 Å². The molecule has 1 atom stereocenters. The first-order chi connectivity index (χ1) is 13.1. The van der Waals surface area contributed by atoms with E-state index in [9.17, 15) is 26.3 Å². The summed E-state index contributed by atoms with van der Waals surface area (Å²) in [7, 11) is 0. The zero-order valence-corrected chi connectivity index (χ0v) is 15.3. The van der Waals surface area contributed by atoms with Crippen molar-refractivity contribution >= 4 is 0 Å². The maximum absolute atomic E-state index is 13.3. The first-order valence-electron chi connectivity index (χ1n) is 9.49. The molecule has 0 bridgehead atoms. The molecule has 1 aliphatic rings. The minimum absolute atomic E-state index is 0.0823. The predicted molar refractivity (Wildman–Crippen MR) is 95.9 cm³/mol. The number of hydrogen-bond acceptors (Lipinski definition) is 0. The summed E-state index contributed by atoms with van der Waals surface area (Å²) < 4.78 is 79.8. The summed E-state index contributed by atoms with van der Waals surface area (Å²) in [6, 6.07) is 10.8. The van der Waals surface area contributed by atoms with Crippen LogP contribution in [-0.4, -0.2) is 0 Å². The van der Waals surface area contributed by atoms with Gasteiger partial charge in [-0.2, -0.15) is 26.3 Å². The number of benzene rings is 2. The molecule has 2 aromatic carbocycles. The fourth-order valence-electron chi connectivity index (χ4n) is 4.09. The van der Waals surface area contributed by atoms with Gasteiger partial charge in [0.15, 0.2) is 0 Å². The maximum Gasteiger partial charge on any atom is 0.416 e. The molecule has 0 N–H and O–H groups in total. The zero-order chi connectivity index (χ0) is 20.4. The Balaban J connectivity index is 2.07. The summed E-state index contributed by atoms with van der Waals surface area (Å²) in [6.45, 7) is 0. The summed E-state index contributed by atoms with van der Waals surface area (Å²) in [5.74, 6) is -0.185. The van der Waals surface area contributed by atoms with Crippen LogP contribution in [0.5, 0.6) is 0 Å². The summed E-state index contributed by atoms with van der Waals surface area (Å²) in [6.07, 6.45) is -3.92. The lowest BCUT2D eigenvalue weighted by molar-refractivity contribution is -0.143. The largest absolute Gasteiger partial charge is 0.416 e. The normalized spacial score (nSPS) is 17.5. The molecule has 6 heteroatoms. The molecule has 0 radical (unpaired) electrons. The van der Waals surface area contributed by atoms with Crippen molar-refractivity contribution in [1.82, 2.24) is 0 Å².